The van der Waals surface area contributed by atoms with Crippen LogP contribution in [0.25, 0.3) is 22.2 Å². The Labute approximate surface area is 214 Å². The zero-order chi connectivity index (χ0) is 27.0. The van der Waals surface area contributed by atoms with E-state index in [0.717, 1.165) is 6.07 Å². The fraction of sp³-hybridized carbons (Fsp3) is 0.320. The summed E-state index contributed by atoms with van der Waals surface area (Å²) in [7, 11) is 0. The Morgan fingerprint density at radius 2 is 1.95 bits per heavy atom. The lowest BCUT2D eigenvalue weighted by molar-refractivity contribution is 0.111. The summed E-state index contributed by atoms with van der Waals surface area (Å²) in [6.45, 7) is 5.02. The number of morpholine rings is 1. The summed E-state index contributed by atoms with van der Waals surface area (Å²) < 4.78 is 48.4. The highest BCUT2D eigenvalue weighted by molar-refractivity contribution is 5.98. The standard InChI is InChI=1S/C25H23F3N8O2/c1-13(16-4-3-5-17(21(16)26)23(27)28)30-24-18-12-36(35-6-8-38-9-7-35)25(37)20(22(18)31-14(2)32-24)19-10-15(11-29)33-34-19/h3-5,10,12-13,23H,6-9H2,1-2H3,(H,33,34)(H,30,31,32)/t13-/m1/s1. The predicted molar refractivity (Wildman–Crippen MR) is 133 cm³/mol. The maximum absolute atomic E-state index is 14.9. The first-order chi connectivity index (χ1) is 18.3. The maximum atomic E-state index is 14.9. The molecule has 196 valence electrons. The first-order valence-electron chi connectivity index (χ1n) is 11.8. The molecule has 38 heavy (non-hydrogen) atoms. The maximum Gasteiger partial charge on any atom is 0.280 e. The molecule has 5 rings (SSSR count). The normalized spacial score (nSPS) is 14.6. The zero-order valence-electron chi connectivity index (χ0n) is 20.5. The van der Waals surface area contributed by atoms with Crippen LogP contribution in [-0.4, -0.2) is 51.1 Å². The lowest BCUT2D eigenvalue weighted by atomic mass is 10.0. The number of hydrogen-bond acceptors (Lipinski definition) is 8. The van der Waals surface area contributed by atoms with Gasteiger partial charge in [-0.3, -0.25) is 9.89 Å². The van der Waals surface area contributed by atoms with Crippen LogP contribution in [0.15, 0.2) is 35.3 Å². The summed E-state index contributed by atoms with van der Waals surface area (Å²) in [5.41, 5.74) is -0.169. The molecule has 1 aliphatic rings. The van der Waals surface area contributed by atoms with Gasteiger partial charge < -0.3 is 15.1 Å². The van der Waals surface area contributed by atoms with Crippen LogP contribution in [0.4, 0.5) is 19.0 Å². The molecule has 0 radical (unpaired) electrons. The number of hydrogen-bond donors (Lipinski definition) is 2. The molecule has 0 saturated carbocycles. The van der Waals surface area contributed by atoms with E-state index in [0.29, 0.717) is 43.2 Å². The van der Waals surface area contributed by atoms with Crippen molar-refractivity contribution in [2.75, 3.05) is 36.6 Å². The number of nitrogens with one attached hydrogen (secondary N) is 2. The Morgan fingerprint density at radius 3 is 2.63 bits per heavy atom. The number of aromatic amines is 1. The molecule has 0 spiro atoms. The average Bonchev–Trinajstić information content (AvgIpc) is 3.37. The van der Waals surface area contributed by atoms with E-state index in [1.807, 2.05) is 11.1 Å². The summed E-state index contributed by atoms with van der Waals surface area (Å²) in [6, 6.07) is 6.49. The second-order valence-corrected chi connectivity index (χ2v) is 8.80. The number of fused-ring (bicyclic) bond motifs is 1. The molecule has 2 N–H and O–H groups in total. The van der Waals surface area contributed by atoms with E-state index in [1.165, 1.54) is 22.9 Å². The van der Waals surface area contributed by atoms with Crippen molar-refractivity contribution < 1.29 is 17.9 Å². The number of H-pyrrole nitrogens is 1. The van der Waals surface area contributed by atoms with E-state index in [1.54, 1.807) is 20.0 Å². The summed E-state index contributed by atoms with van der Waals surface area (Å²) in [4.78, 5) is 22.8. The quantitative estimate of drug-likeness (QED) is 0.392. The topological polar surface area (TPSA) is 125 Å². The number of benzene rings is 1. The van der Waals surface area contributed by atoms with Gasteiger partial charge in [0.2, 0.25) is 0 Å². The highest BCUT2D eigenvalue weighted by atomic mass is 19.3. The van der Waals surface area contributed by atoms with Crippen LogP contribution >= 0.6 is 0 Å². The van der Waals surface area contributed by atoms with Crippen LogP contribution in [0.5, 0.6) is 0 Å². The Morgan fingerprint density at radius 1 is 1.21 bits per heavy atom. The highest BCUT2D eigenvalue weighted by Crippen LogP contribution is 2.32. The van der Waals surface area contributed by atoms with Gasteiger partial charge in [0.05, 0.1) is 60.1 Å². The Bertz CT molecular complexity index is 1600. The van der Waals surface area contributed by atoms with E-state index in [9.17, 15) is 23.2 Å². The molecule has 0 unspecified atom stereocenters. The number of rotatable bonds is 6. The molecule has 0 aliphatic carbocycles. The number of anilines is 1. The molecule has 4 aromatic rings. The van der Waals surface area contributed by atoms with Gasteiger partial charge in [-0.05, 0) is 13.8 Å². The fourth-order valence-electron chi connectivity index (χ4n) is 4.48. The summed E-state index contributed by atoms with van der Waals surface area (Å²) >= 11 is 0. The van der Waals surface area contributed by atoms with E-state index >= 15 is 0 Å². The lowest BCUT2D eigenvalue weighted by Gasteiger charge is -2.31. The molecule has 4 heterocycles. The van der Waals surface area contributed by atoms with Gasteiger partial charge in [-0.2, -0.15) is 10.4 Å². The van der Waals surface area contributed by atoms with Crippen molar-refractivity contribution in [1.82, 2.24) is 24.8 Å². The SMILES string of the molecule is Cc1nc(N[C@H](C)c2cccc(C(F)F)c2F)c2cn(N3CCOCC3)c(=O)c(-c3cc(C#N)n[nH]3)c2n1. The van der Waals surface area contributed by atoms with Gasteiger partial charge in [0.25, 0.3) is 12.0 Å². The molecular formula is C25H23F3N8O2. The molecule has 0 amide bonds. The van der Waals surface area contributed by atoms with E-state index in [2.05, 4.69) is 25.5 Å². The third-order valence-electron chi connectivity index (χ3n) is 6.33. The smallest absolute Gasteiger partial charge is 0.280 e. The first-order valence-corrected chi connectivity index (χ1v) is 11.8. The van der Waals surface area contributed by atoms with E-state index < -0.39 is 23.8 Å². The monoisotopic (exact) mass is 524 g/mol. The molecule has 1 saturated heterocycles. The van der Waals surface area contributed by atoms with Crippen molar-refractivity contribution in [3.63, 3.8) is 0 Å². The number of alkyl halides is 2. The summed E-state index contributed by atoms with van der Waals surface area (Å²) in [6.07, 6.45) is -1.36. The number of aryl methyl sites for hydroxylation is 1. The molecule has 0 bridgehead atoms. The summed E-state index contributed by atoms with van der Waals surface area (Å²) in [5, 5.41) is 21.3. The number of pyridine rings is 1. The number of ether oxygens (including phenoxy) is 1. The Balaban J connectivity index is 1.70. The fourth-order valence-corrected chi connectivity index (χ4v) is 4.48. The van der Waals surface area contributed by atoms with Crippen LogP contribution in [0, 0.1) is 24.1 Å². The van der Waals surface area contributed by atoms with Gasteiger partial charge in [-0.15, -0.1) is 0 Å². The van der Waals surface area contributed by atoms with Gasteiger partial charge in [-0.1, -0.05) is 18.2 Å². The van der Waals surface area contributed by atoms with Gasteiger partial charge in [0.1, 0.15) is 23.5 Å². The largest absolute Gasteiger partial charge is 0.378 e. The third-order valence-corrected chi connectivity index (χ3v) is 6.33. The van der Waals surface area contributed by atoms with Gasteiger partial charge in [0, 0.05) is 17.8 Å². The molecule has 13 heteroatoms. The minimum Gasteiger partial charge on any atom is -0.378 e. The number of nitriles is 1. The van der Waals surface area contributed by atoms with Crippen molar-refractivity contribution in [2.24, 2.45) is 0 Å². The highest BCUT2D eigenvalue weighted by Gasteiger charge is 2.24. The van der Waals surface area contributed by atoms with E-state index in [4.69, 9.17) is 4.74 Å². The van der Waals surface area contributed by atoms with Crippen LogP contribution in [-0.2, 0) is 4.74 Å². The predicted octanol–water partition coefficient (Wildman–Crippen LogP) is 3.58. The zero-order valence-corrected chi connectivity index (χ0v) is 20.5. The van der Waals surface area contributed by atoms with Gasteiger partial charge >= 0.3 is 0 Å². The van der Waals surface area contributed by atoms with Gasteiger partial charge in [-0.25, -0.2) is 27.8 Å². The first kappa shape index (κ1) is 25.2. The Kier molecular flexibility index (Phi) is 6.73. The summed E-state index contributed by atoms with van der Waals surface area (Å²) in [5.74, 6) is -0.395. The minimum atomic E-state index is -2.96. The molecule has 10 nitrogen and oxygen atoms in total. The van der Waals surface area contributed by atoms with Crippen molar-refractivity contribution in [2.45, 2.75) is 26.3 Å². The number of nitrogens with zero attached hydrogens (tertiary/aromatic N) is 6. The van der Waals surface area contributed by atoms with Gasteiger partial charge in [0.15, 0.2) is 5.69 Å². The van der Waals surface area contributed by atoms with Crippen LogP contribution in [0.1, 0.15) is 42.0 Å². The van der Waals surface area contributed by atoms with Crippen molar-refractivity contribution in [3.8, 4) is 17.3 Å². The molecule has 1 fully saturated rings. The van der Waals surface area contributed by atoms with Crippen LogP contribution < -0.4 is 15.9 Å². The minimum absolute atomic E-state index is 0.0427. The molecule has 1 aromatic carbocycles. The van der Waals surface area contributed by atoms with Crippen LogP contribution in [0.3, 0.4) is 0 Å². The average molecular weight is 525 g/mol. The van der Waals surface area contributed by atoms with Crippen molar-refractivity contribution in [3.05, 3.63) is 69.3 Å². The third kappa shape index (κ3) is 4.54. The second-order valence-electron chi connectivity index (χ2n) is 8.80. The lowest BCUT2D eigenvalue weighted by Crippen LogP contribution is -2.49. The number of aromatic nitrogens is 5. The van der Waals surface area contributed by atoms with Crippen LogP contribution in [0.2, 0.25) is 0 Å². The van der Waals surface area contributed by atoms with E-state index in [-0.39, 0.29) is 33.7 Å². The van der Waals surface area contributed by atoms with Crippen molar-refractivity contribution in [1.29, 1.82) is 5.26 Å². The molecule has 1 aliphatic heterocycles. The molecule has 1 atom stereocenters. The second kappa shape index (κ2) is 10.1. The Hall–Kier alpha value is -4.44. The molecule has 3 aromatic heterocycles. The number of halogens is 3. The molecular weight excluding hydrogens is 501 g/mol. The van der Waals surface area contributed by atoms with Crippen molar-refractivity contribution >= 4 is 16.7 Å².